The number of nitrogens with zero attached hydrogens (tertiary/aromatic N) is 2. The molecule has 41 heavy (non-hydrogen) atoms. The molecule has 1 unspecified atom stereocenters. The van der Waals surface area contributed by atoms with Gasteiger partial charge >= 0.3 is 18.5 Å². The number of esters is 1. The van der Waals surface area contributed by atoms with Crippen molar-refractivity contribution in [3.63, 3.8) is 0 Å². The third-order valence-corrected chi connectivity index (χ3v) is 6.69. The van der Waals surface area contributed by atoms with Crippen LogP contribution < -0.4 is 14.4 Å². The van der Waals surface area contributed by atoms with Crippen LogP contribution in [0.3, 0.4) is 0 Å². The van der Waals surface area contributed by atoms with Crippen molar-refractivity contribution in [2.45, 2.75) is 44.8 Å². The molecule has 1 aromatic heterocycles. The van der Waals surface area contributed by atoms with Gasteiger partial charge in [0.05, 0.1) is 29.4 Å². The maximum absolute atomic E-state index is 13.6. The van der Waals surface area contributed by atoms with Crippen LogP contribution >= 0.6 is 0 Å². The molecule has 15 heteroatoms. The van der Waals surface area contributed by atoms with Crippen molar-refractivity contribution in [3.05, 3.63) is 71.4 Å². The Morgan fingerprint density at radius 1 is 1.00 bits per heavy atom. The molecule has 8 nitrogen and oxygen atoms in total. The van der Waals surface area contributed by atoms with Crippen molar-refractivity contribution in [1.82, 2.24) is 4.98 Å². The van der Waals surface area contributed by atoms with Gasteiger partial charge in [-0.25, -0.2) is 14.0 Å². The van der Waals surface area contributed by atoms with Gasteiger partial charge in [0.25, 0.3) is 5.78 Å². The number of carbonyl (C=O) groups excluding carboxylic acids is 2. The molecule has 0 aliphatic carbocycles. The Labute approximate surface area is 232 Å². The highest BCUT2D eigenvalue weighted by Crippen LogP contribution is 2.39. The van der Waals surface area contributed by atoms with Crippen LogP contribution in [0.4, 0.5) is 43.5 Å². The third-order valence-electron chi connectivity index (χ3n) is 5.28. The van der Waals surface area contributed by atoms with Crippen molar-refractivity contribution in [3.8, 4) is 5.75 Å². The highest BCUT2D eigenvalue weighted by molar-refractivity contribution is 7.86. The largest absolute Gasteiger partial charge is 0.573 e. The van der Waals surface area contributed by atoms with Crippen LogP contribution in [-0.2, 0) is 33.2 Å². The molecule has 0 bridgehead atoms. The predicted octanol–water partition coefficient (Wildman–Crippen LogP) is 6.56. The second-order valence-electron chi connectivity index (χ2n) is 7.91. The van der Waals surface area contributed by atoms with E-state index >= 15 is 0 Å². The van der Waals surface area contributed by atoms with Gasteiger partial charge in [0.15, 0.2) is 11.0 Å². The first-order valence-corrected chi connectivity index (χ1v) is 13.1. The van der Waals surface area contributed by atoms with Crippen molar-refractivity contribution in [2.75, 3.05) is 16.2 Å². The van der Waals surface area contributed by atoms with E-state index in [9.17, 15) is 40.1 Å². The highest BCUT2D eigenvalue weighted by atomic mass is 32.2. The van der Waals surface area contributed by atoms with Crippen molar-refractivity contribution in [1.29, 1.82) is 0 Å². The molecule has 220 valence electrons. The van der Waals surface area contributed by atoms with Gasteiger partial charge in [0.1, 0.15) is 17.3 Å². The molecule has 3 aromatic rings. The average Bonchev–Trinajstić information content (AvgIpc) is 3.08. The number of fused-ring (bicyclic) bond motifs is 2. The number of rotatable bonds is 6. The van der Waals surface area contributed by atoms with E-state index in [-0.39, 0.29) is 46.4 Å². The molecule has 0 amide bonds. The number of nitrogens with one attached hydrogen (secondary N) is 1. The Kier molecular flexibility index (Phi) is 9.63. The van der Waals surface area contributed by atoms with E-state index in [1.165, 1.54) is 29.4 Å². The smallest absolute Gasteiger partial charge is 0.460 e. The van der Waals surface area contributed by atoms with E-state index in [1.807, 2.05) is 13.8 Å². The summed E-state index contributed by atoms with van der Waals surface area (Å²) in [7, 11) is -2.16. The summed E-state index contributed by atoms with van der Waals surface area (Å²) in [6, 6.07) is 9.75. The van der Waals surface area contributed by atoms with Gasteiger partial charge in [-0.15, -0.1) is 13.2 Å². The number of carbonyl (C=O) groups is 2. The van der Waals surface area contributed by atoms with Gasteiger partial charge in [-0.3, -0.25) is 9.10 Å². The van der Waals surface area contributed by atoms with Crippen LogP contribution in [0.25, 0.3) is 0 Å². The van der Waals surface area contributed by atoms with E-state index in [1.54, 1.807) is 0 Å². The number of Topliss-reactive ketones (excluding diaryl/α,β-unsaturated/α-hetero) is 1. The number of benzene rings is 2. The number of pyridine rings is 1. The summed E-state index contributed by atoms with van der Waals surface area (Å²) in [5, 5.41) is 2.75. The standard InChI is InChI=1S/C24H17F6N3O5S.C2H6/c1-2-37-22(35)20(34)13-3-9-17-18(11-13)33(12-14-4-10-19(23(25,26)27)32-21(14)31-17)39(36)16-7-5-15(6-8-16)38-24(28,29)30;1-2/h3-11H,2,12H2,1H3,(H,31,32);1-2H3. The summed E-state index contributed by atoms with van der Waals surface area (Å²) < 4.78 is 101. The average molecular weight is 604 g/mol. The number of hydrogen-bond acceptors (Lipinski definition) is 7. The van der Waals surface area contributed by atoms with Crippen LogP contribution in [0.2, 0.25) is 0 Å². The van der Waals surface area contributed by atoms with Gasteiger partial charge in [0, 0.05) is 11.1 Å². The fourth-order valence-corrected chi connectivity index (χ4v) is 4.79. The Bertz CT molecular complexity index is 1450. The van der Waals surface area contributed by atoms with Gasteiger partial charge in [-0.05, 0) is 55.5 Å². The number of alkyl halides is 6. The van der Waals surface area contributed by atoms with Crippen molar-refractivity contribution in [2.24, 2.45) is 0 Å². The zero-order valence-electron chi connectivity index (χ0n) is 21.7. The molecule has 0 saturated carbocycles. The van der Waals surface area contributed by atoms with Gasteiger partial charge in [-0.1, -0.05) is 19.9 Å². The topological polar surface area (TPSA) is 97.8 Å². The zero-order valence-corrected chi connectivity index (χ0v) is 22.5. The summed E-state index contributed by atoms with van der Waals surface area (Å²) in [6.07, 6.45) is -9.69. The maximum atomic E-state index is 13.6. The lowest BCUT2D eigenvalue weighted by molar-refractivity contribution is -0.274. The fraction of sp³-hybridized carbons (Fsp3) is 0.269. The van der Waals surface area contributed by atoms with Crippen molar-refractivity contribution >= 4 is 39.9 Å². The number of hydrogen-bond donors (Lipinski definition) is 1. The molecular weight excluding hydrogens is 580 g/mol. The molecule has 2 heterocycles. The summed E-state index contributed by atoms with van der Waals surface area (Å²) in [4.78, 5) is 28.2. The minimum Gasteiger partial charge on any atom is -0.460 e. The lowest BCUT2D eigenvalue weighted by Crippen LogP contribution is -2.26. The maximum Gasteiger partial charge on any atom is 0.573 e. The van der Waals surface area contributed by atoms with E-state index in [0.717, 1.165) is 36.4 Å². The highest BCUT2D eigenvalue weighted by Gasteiger charge is 2.35. The molecule has 0 radical (unpaired) electrons. The van der Waals surface area contributed by atoms with Crippen LogP contribution in [-0.4, -0.2) is 33.9 Å². The lowest BCUT2D eigenvalue weighted by atomic mass is 10.1. The van der Waals surface area contributed by atoms with Gasteiger partial charge < -0.3 is 14.8 Å². The molecule has 0 spiro atoms. The van der Waals surface area contributed by atoms with Crippen LogP contribution in [0, 0.1) is 0 Å². The minimum absolute atomic E-state index is 0.0147. The van der Waals surface area contributed by atoms with E-state index in [0.29, 0.717) is 0 Å². The molecule has 1 aliphatic heterocycles. The zero-order chi connectivity index (χ0) is 30.5. The van der Waals surface area contributed by atoms with Gasteiger partial charge in [0.2, 0.25) is 0 Å². The first-order chi connectivity index (χ1) is 19.3. The lowest BCUT2D eigenvalue weighted by Gasteiger charge is -2.24. The first-order valence-electron chi connectivity index (χ1n) is 12.0. The molecule has 0 saturated heterocycles. The van der Waals surface area contributed by atoms with E-state index in [4.69, 9.17) is 4.74 Å². The van der Waals surface area contributed by atoms with E-state index in [2.05, 4.69) is 15.0 Å². The summed E-state index contributed by atoms with van der Waals surface area (Å²) in [6.45, 7) is 5.15. The number of halogens is 6. The molecule has 1 aliphatic rings. The second-order valence-corrected chi connectivity index (χ2v) is 9.32. The molecule has 2 aromatic carbocycles. The summed E-state index contributed by atoms with van der Waals surface area (Å²) in [5.74, 6) is -2.91. The number of aromatic nitrogens is 1. The number of ether oxygens (including phenoxy) is 2. The third kappa shape index (κ3) is 7.54. The first kappa shape index (κ1) is 31.4. The molecular formula is C26H23F6N3O5S. The van der Waals surface area contributed by atoms with E-state index < -0.39 is 46.7 Å². The normalized spacial score (nSPS) is 13.3. The summed E-state index contributed by atoms with van der Waals surface area (Å²) >= 11 is 0. The Balaban J connectivity index is 0.00000226. The summed E-state index contributed by atoms with van der Waals surface area (Å²) in [5.41, 5.74) is -0.987. The van der Waals surface area contributed by atoms with Crippen LogP contribution in [0.1, 0.15) is 42.4 Å². The Morgan fingerprint density at radius 2 is 1.66 bits per heavy atom. The molecule has 1 atom stereocenters. The number of anilines is 3. The molecule has 1 N–H and O–H groups in total. The number of ketones is 1. The Morgan fingerprint density at radius 3 is 2.24 bits per heavy atom. The monoisotopic (exact) mass is 603 g/mol. The minimum atomic E-state index is -4.94. The van der Waals surface area contributed by atoms with Crippen LogP contribution in [0.5, 0.6) is 5.75 Å². The van der Waals surface area contributed by atoms with Crippen LogP contribution in [0.15, 0.2) is 59.5 Å². The van der Waals surface area contributed by atoms with Crippen molar-refractivity contribution < 1.29 is 49.6 Å². The quantitative estimate of drug-likeness (QED) is 0.148. The second kappa shape index (κ2) is 12.6. The Hall–Kier alpha value is -4.14. The van der Waals surface area contributed by atoms with Gasteiger partial charge in [-0.2, -0.15) is 13.2 Å². The molecule has 4 rings (SSSR count). The molecule has 0 fully saturated rings. The predicted molar refractivity (Wildman–Crippen MR) is 137 cm³/mol. The fourth-order valence-electron chi connectivity index (χ4n) is 3.58. The SMILES string of the molecule is CC.CCOC(=O)C(=O)c1ccc2c(c1)N(S(=O)c1ccc(OC(F)(F)F)cc1)Cc1ccc(C(F)(F)F)nc1N2.